The van der Waals surface area contributed by atoms with Gasteiger partial charge in [0.15, 0.2) is 6.29 Å². The van der Waals surface area contributed by atoms with E-state index in [1.165, 1.54) is 13.3 Å². The van der Waals surface area contributed by atoms with E-state index < -0.39 is 6.29 Å². The minimum Gasteiger partial charge on any atom is -0.426 e. The minimum atomic E-state index is -0.420. The first-order valence-corrected chi connectivity index (χ1v) is 9.85. The fraction of sp³-hybridized carbons (Fsp3) is 0.650. The van der Waals surface area contributed by atoms with Crippen LogP contribution in [0.15, 0.2) is 12.1 Å². The summed E-state index contributed by atoms with van der Waals surface area (Å²) in [5, 5.41) is 0.663. The van der Waals surface area contributed by atoms with E-state index in [-0.39, 0.29) is 11.9 Å². The molecule has 1 aliphatic heterocycles. The maximum atomic E-state index is 11.7. The lowest BCUT2D eigenvalue weighted by atomic mass is 9.98. The van der Waals surface area contributed by atoms with Gasteiger partial charge in [-0.3, -0.25) is 4.79 Å². The smallest absolute Gasteiger partial charge is 0.308 e. The number of carbonyl (C=O) groups excluding carboxylic acids is 1. The van der Waals surface area contributed by atoms with Crippen molar-refractivity contribution in [1.29, 1.82) is 0 Å². The lowest BCUT2D eigenvalue weighted by Crippen LogP contribution is -2.30. The van der Waals surface area contributed by atoms with Gasteiger partial charge in [0.05, 0.1) is 10.7 Å². The first-order valence-electron chi connectivity index (χ1n) is 9.47. The molecule has 1 atom stereocenters. The molecular weight excluding hydrogens is 354 g/mol. The largest absolute Gasteiger partial charge is 0.426 e. The zero-order valence-corrected chi connectivity index (χ0v) is 17.0. The van der Waals surface area contributed by atoms with Crippen LogP contribution >= 0.6 is 11.6 Å². The third kappa shape index (κ3) is 5.35. The number of anilines is 1. The maximum Gasteiger partial charge on any atom is 0.308 e. The molecule has 6 heteroatoms. The van der Waals surface area contributed by atoms with Gasteiger partial charge in [-0.25, -0.2) is 0 Å². The predicted octanol–water partition coefficient (Wildman–Crippen LogP) is 4.76. The second kappa shape index (κ2) is 10.1. The van der Waals surface area contributed by atoms with Crippen LogP contribution in [0.3, 0.4) is 0 Å². The van der Waals surface area contributed by atoms with Gasteiger partial charge in [0.1, 0.15) is 5.75 Å². The molecule has 146 valence electrons. The van der Waals surface area contributed by atoms with Crippen molar-refractivity contribution in [3.05, 3.63) is 22.7 Å². The van der Waals surface area contributed by atoms with E-state index in [0.717, 1.165) is 37.2 Å². The number of esters is 1. The topological polar surface area (TPSA) is 48.0 Å². The SMILES string of the molecule is CCOC(OCC)C(C)c1cc(Cl)c(N2CCCCC2)cc1OC(C)=O. The Balaban J connectivity index is 2.39. The molecule has 0 N–H and O–H groups in total. The summed E-state index contributed by atoms with van der Waals surface area (Å²) < 4.78 is 17.0. The quantitative estimate of drug-likeness (QED) is 0.368. The molecule has 1 heterocycles. The number of ether oxygens (including phenoxy) is 3. The van der Waals surface area contributed by atoms with Crippen LogP contribution in [0.2, 0.25) is 5.02 Å². The Kier molecular flexibility index (Phi) is 8.19. The Morgan fingerprint density at radius 3 is 2.31 bits per heavy atom. The van der Waals surface area contributed by atoms with Gasteiger partial charge in [0, 0.05) is 50.8 Å². The van der Waals surface area contributed by atoms with Crippen LogP contribution in [0.25, 0.3) is 0 Å². The van der Waals surface area contributed by atoms with Crippen molar-refractivity contribution in [3.8, 4) is 5.75 Å². The Labute approximate surface area is 161 Å². The monoisotopic (exact) mass is 383 g/mol. The molecule has 0 aliphatic carbocycles. The van der Waals surface area contributed by atoms with Gasteiger partial charge in [0.25, 0.3) is 0 Å². The number of hydrogen-bond acceptors (Lipinski definition) is 5. The average Bonchev–Trinajstić information content (AvgIpc) is 2.62. The first kappa shape index (κ1) is 21.0. The van der Waals surface area contributed by atoms with Crippen molar-refractivity contribution in [2.45, 2.75) is 59.2 Å². The van der Waals surface area contributed by atoms with Crippen molar-refractivity contribution in [3.63, 3.8) is 0 Å². The fourth-order valence-electron chi connectivity index (χ4n) is 3.35. The zero-order chi connectivity index (χ0) is 19.1. The Morgan fingerprint density at radius 1 is 1.15 bits per heavy atom. The van der Waals surface area contributed by atoms with Gasteiger partial charge >= 0.3 is 5.97 Å². The van der Waals surface area contributed by atoms with E-state index in [1.54, 1.807) is 0 Å². The molecule has 0 amide bonds. The van der Waals surface area contributed by atoms with Gasteiger partial charge in [-0.15, -0.1) is 0 Å². The molecule has 0 bridgehead atoms. The third-order valence-corrected chi connectivity index (χ3v) is 4.89. The van der Waals surface area contributed by atoms with Gasteiger partial charge in [-0.05, 0) is 39.2 Å². The summed E-state index contributed by atoms with van der Waals surface area (Å²) in [5.74, 6) is 0.0475. The predicted molar refractivity (Wildman–Crippen MR) is 104 cm³/mol. The molecule has 0 aromatic heterocycles. The number of nitrogens with zero attached hydrogens (tertiary/aromatic N) is 1. The van der Waals surface area contributed by atoms with Gasteiger partial charge in [-0.1, -0.05) is 18.5 Å². The Hall–Kier alpha value is -1.30. The molecule has 1 fully saturated rings. The van der Waals surface area contributed by atoms with Crippen LogP contribution in [-0.2, 0) is 14.3 Å². The van der Waals surface area contributed by atoms with Gasteiger partial charge in [0.2, 0.25) is 0 Å². The maximum absolute atomic E-state index is 11.7. The van der Waals surface area contributed by atoms with E-state index >= 15 is 0 Å². The Morgan fingerprint density at radius 2 is 1.77 bits per heavy atom. The van der Waals surface area contributed by atoms with E-state index in [9.17, 15) is 4.79 Å². The van der Waals surface area contributed by atoms with Gasteiger partial charge in [-0.2, -0.15) is 0 Å². The highest BCUT2D eigenvalue weighted by Crippen LogP contribution is 2.39. The normalized spacial score (nSPS) is 16.0. The number of halogens is 1. The van der Waals surface area contributed by atoms with Crippen LogP contribution in [0.1, 0.15) is 58.4 Å². The molecule has 2 rings (SSSR count). The molecule has 1 saturated heterocycles. The number of rotatable bonds is 8. The standard InChI is InChI=1S/C20H30ClNO4/c1-5-24-20(25-6-2)14(3)16-12-17(21)18(13-19(16)26-15(4)23)22-10-8-7-9-11-22/h12-14,20H,5-11H2,1-4H3. The summed E-state index contributed by atoms with van der Waals surface area (Å²) in [7, 11) is 0. The van der Waals surface area contributed by atoms with Crippen LogP contribution in [0.5, 0.6) is 5.75 Å². The minimum absolute atomic E-state index is 0.128. The van der Waals surface area contributed by atoms with Crippen molar-refractivity contribution < 1.29 is 19.0 Å². The van der Waals surface area contributed by atoms with Gasteiger partial charge < -0.3 is 19.1 Å². The molecule has 1 aromatic rings. The molecule has 0 radical (unpaired) electrons. The number of benzene rings is 1. The highest BCUT2D eigenvalue weighted by atomic mass is 35.5. The van der Waals surface area contributed by atoms with Crippen molar-refractivity contribution in [2.24, 2.45) is 0 Å². The molecule has 1 aromatic carbocycles. The van der Waals surface area contributed by atoms with E-state index in [1.807, 2.05) is 32.9 Å². The lowest BCUT2D eigenvalue weighted by Gasteiger charge is -2.31. The summed E-state index contributed by atoms with van der Waals surface area (Å²) in [6.45, 7) is 10.3. The number of piperidine rings is 1. The van der Waals surface area contributed by atoms with E-state index in [2.05, 4.69) is 4.90 Å². The number of carbonyl (C=O) groups is 1. The molecule has 1 unspecified atom stereocenters. The first-order chi connectivity index (χ1) is 12.5. The van der Waals surface area contributed by atoms with Crippen LogP contribution in [0, 0.1) is 0 Å². The summed E-state index contributed by atoms with van der Waals surface area (Å²) in [6.07, 6.45) is 3.11. The third-order valence-electron chi connectivity index (χ3n) is 4.59. The molecule has 5 nitrogen and oxygen atoms in total. The lowest BCUT2D eigenvalue weighted by molar-refractivity contribution is -0.148. The molecule has 0 saturated carbocycles. The van der Waals surface area contributed by atoms with Crippen molar-refractivity contribution >= 4 is 23.3 Å². The highest BCUT2D eigenvalue weighted by Gasteiger charge is 2.26. The zero-order valence-electron chi connectivity index (χ0n) is 16.2. The second-order valence-corrected chi connectivity index (χ2v) is 6.96. The second-order valence-electron chi connectivity index (χ2n) is 6.55. The molecule has 26 heavy (non-hydrogen) atoms. The van der Waals surface area contributed by atoms with E-state index in [4.69, 9.17) is 25.8 Å². The van der Waals surface area contributed by atoms with Crippen LogP contribution in [0.4, 0.5) is 5.69 Å². The van der Waals surface area contributed by atoms with Crippen LogP contribution in [-0.4, -0.2) is 38.6 Å². The van der Waals surface area contributed by atoms with Crippen molar-refractivity contribution in [1.82, 2.24) is 0 Å². The molecular formula is C20H30ClNO4. The van der Waals surface area contributed by atoms with E-state index in [0.29, 0.717) is 24.0 Å². The molecule has 0 spiro atoms. The highest BCUT2D eigenvalue weighted by molar-refractivity contribution is 6.33. The summed E-state index contributed by atoms with van der Waals surface area (Å²) in [5.41, 5.74) is 1.74. The molecule has 1 aliphatic rings. The average molecular weight is 384 g/mol. The summed E-state index contributed by atoms with van der Waals surface area (Å²) >= 11 is 6.61. The number of hydrogen-bond donors (Lipinski definition) is 0. The van der Waals surface area contributed by atoms with Crippen molar-refractivity contribution in [2.75, 3.05) is 31.2 Å². The Bertz CT molecular complexity index is 596. The van der Waals surface area contributed by atoms with Crippen LogP contribution < -0.4 is 9.64 Å². The fourth-order valence-corrected chi connectivity index (χ4v) is 3.64. The summed E-state index contributed by atoms with van der Waals surface area (Å²) in [6, 6.07) is 3.77. The summed E-state index contributed by atoms with van der Waals surface area (Å²) in [4.78, 5) is 13.9.